The fourth-order valence-electron chi connectivity index (χ4n) is 2.33. The SMILES string of the molecule is COCCNC(=O)N1CCN(c2ccc(OC)cc2)CC1. The summed E-state index contributed by atoms with van der Waals surface area (Å²) < 4.78 is 10.1. The second kappa shape index (κ2) is 7.73. The summed E-state index contributed by atoms with van der Waals surface area (Å²) in [5, 5.41) is 2.85. The van der Waals surface area contributed by atoms with Crippen molar-refractivity contribution in [2.45, 2.75) is 0 Å². The number of benzene rings is 1. The van der Waals surface area contributed by atoms with Gasteiger partial charge in [-0.2, -0.15) is 0 Å². The van der Waals surface area contributed by atoms with E-state index in [1.165, 1.54) is 0 Å². The molecule has 1 fully saturated rings. The van der Waals surface area contributed by atoms with E-state index in [2.05, 4.69) is 10.2 Å². The molecule has 0 aliphatic carbocycles. The maximum absolute atomic E-state index is 11.9. The summed E-state index contributed by atoms with van der Waals surface area (Å²) in [6, 6.07) is 8.00. The van der Waals surface area contributed by atoms with E-state index in [0.717, 1.165) is 37.6 Å². The fourth-order valence-corrected chi connectivity index (χ4v) is 2.33. The first-order valence-corrected chi connectivity index (χ1v) is 7.15. The van der Waals surface area contributed by atoms with E-state index < -0.39 is 0 Å². The number of amides is 2. The smallest absolute Gasteiger partial charge is 0.317 e. The van der Waals surface area contributed by atoms with Crippen molar-refractivity contribution in [3.8, 4) is 5.75 Å². The zero-order chi connectivity index (χ0) is 15.1. The lowest BCUT2D eigenvalue weighted by molar-refractivity contribution is 0.177. The van der Waals surface area contributed by atoms with E-state index in [0.29, 0.717) is 13.2 Å². The molecule has 1 aromatic rings. The molecule has 2 rings (SSSR count). The van der Waals surface area contributed by atoms with Gasteiger partial charge in [0.25, 0.3) is 0 Å². The van der Waals surface area contributed by atoms with Crippen LogP contribution < -0.4 is 15.0 Å². The molecule has 0 atom stereocenters. The van der Waals surface area contributed by atoms with Gasteiger partial charge in [-0.25, -0.2) is 4.79 Å². The van der Waals surface area contributed by atoms with Crippen LogP contribution in [-0.4, -0.2) is 64.5 Å². The van der Waals surface area contributed by atoms with Crippen LogP contribution in [0.4, 0.5) is 10.5 Å². The first kappa shape index (κ1) is 15.4. The first-order chi connectivity index (χ1) is 10.2. The van der Waals surface area contributed by atoms with Crippen molar-refractivity contribution in [3.05, 3.63) is 24.3 Å². The van der Waals surface area contributed by atoms with E-state index in [4.69, 9.17) is 9.47 Å². The molecule has 1 N–H and O–H groups in total. The Morgan fingerprint density at radius 3 is 2.38 bits per heavy atom. The quantitative estimate of drug-likeness (QED) is 0.828. The number of carbonyl (C=O) groups excluding carboxylic acids is 1. The number of ether oxygens (including phenoxy) is 2. The Kier molecular flexibility index (Phi) is 5.68. The molecular weight excluding hydrogens is 270 g/mol. The highest BCUT2D eigenvalue weighted by molar-refractivity contribution is 5.74. The van der Waals surface area contributed by atoms with Gasteiger partial charge in [0.15, 0.2) is 0 Å². The highest BCUT2D eigenvalue weighted by Crippen LogP contribution is 2.20. The van der Waals surface area contributed by atoms with Crippen molar-refractivity contribution < 1.29 is 14.3 Å². The van der Waals surface area contributed by atoms with Crippen molar-refractivity contribution in [2.24, 2.45) is 0 Å². The third kappa shape index (κ3) is 4.26. The van der Waals surface area contributed by atoms with Crippen LogP contribution in [-0.2, 0) is 4.74 Å². The molecular formula is C15H23N3O3. The number of urea groups is 1. The predicted molar refractivity (Wildman–Crippen MR) is 82.1 cm³/mol. The summed E-state index contributed by atoms with van der Waals surface area (Å²) >= 11 is 0. The molecule has 0 saturated carbocycles. The lowest BCUT2D eigenvalue weighted by Gasteiger charge is -2.36. The minimum atomic E-state index is -0.0126. The molecule has 0 bridgehead atoms. The second-order valence-corrected chi connectivity index (χ2v) is 4.90. The Balaban J connectivity index is 1.80. The molecule has 6 nitrogen and oxygen atoms in total. The molecule has 1 heterocycles. The van der Waals surface area contributed by atoms with Gasteiger partial charge in [-0.3, -0.25) is 0 Å². The molecule has 0 unspecified atom stereocenters. The molecule has 1 aromatic carbocycles. The number of hydrogen-bond donors (Lipinski definition) is 1. The molecule has 116 valence electrons. The average Bonchev–Trinajstić information content (AvgIpc) is 2.55. The molecule has 2 amide bonds. The Morgan fingerprint density at radius 1 is 1.14 bits per heavy atom. The summed E-state index contributed by atoms with van der Waals surface area (Å²) in [6.07, 6.45) is 0. The van der Waals surface area contributed by atoms with Crippen LogP contribution in [0.5, 0.6) is 5.75 Å². The van der Waals surface area contributed by atoms with Gasteiger partial charge in [0.05, 0.1) is 13.7 Å². The van der Waals surface area contributed by atoms with E-state index >= 15 is 0 Å². The first-order valence-electron chi connectivity index (χ1n) is 7.15. The number of methoxy groups -OCH3 is 2. The van der Waals surface area contributed by atoms with Gasteiger partial charge in [0.1, 0.15) is 5.75 Å². The normalized spacial score (nSPS) is 15.0. The van der Waals surface area contributed by atoms with Crippen molar-refractivity contribution >= 4 is 11.7 Å². The molecule has 1 saturated heterocycles. The summed E-state index contributed by atoms with van der Waals surface area (Å²) in [5.41, 5.74) is 1.16. The summed E-state index contributed by atoms with van der Waals surface area (Å²) in [7, 11) is 3.29. The Bertz CT molecular complexity index is 442. The fraction of sp³-hybridized carbons (Fsp3) is 0.533. The van der Waals surface area contributed by atoms with E-state index in [9.17, 15) is 4.79 Å². The molecule has 6 heteroatoms. The molecule has 1 aliphatic rings. The van der Waals surface area contributed by atoms with Gasteiger partial charge in [-0.1, -0.05) is 0 Å². The van der Waals surface area contributed by atoms with E-state index in [1.807, 2.05) is 29.2 Å². The number of nitrogens with zero attached hydrogens (tertiary/aromatic N) is 2. The lowest BCUT2D eigenvalue weighted by Crippen LogP contribution is -2.52. The standard InChI is InChI=1S/C15H23N3O3/c1-20-12-7-16-15(19)18-10-8-17(9-11-18)13-3-5-14(21-2)6-4-13/h3-6H,7-12H2,1-2H3,(H,16,19). The van der Waals surface area contributed by atoms with Crippen LogP contribution in [0, 0.1) is 0 Å². The zero-order valence-electron chi connectivity index (χ0n) is 12.7. The number of piperazine rings is 1. The van der Waals surface area contributed by atoms with Crippen molar-refractivity contribution in [3.63, 3.8) is 0 Å². The average molecular weight is 293 g/mol. The van der Waals surface area contributed by atoms with Crippen molar-refractivity contribution in [2.75, 3.05) is 58.5 Å². The predicted octanol–water partition coefficient (Wildman–Crippen LogP) is 1.17. The zero-order valence-corrected chi connectivity index (χ0v) is 12.7. The van der Waals surface area contributed by atoms with E-state index in [-0.39, 0.29) is 6.03 Å². The Hall–Kier alpha value is -1.95. The molecule has 1 aliphatic heterocycles. The summed E-state index contributed by atoms with van der Waals surface area (Å²) in [5.74, 6) is 0.856. The Labute approximate surface area is 125 Å². The number of carbonyl (C=O) groups is 1. The minimum Gasteiger partial charge on any atom is -0.497 e. The summed E-state index contributed by atoms with van der Waals surface area (Å²) in [6.45, 7) is 4.22. The second-order valence-electron chi connectivity index (χ2n) is 4.90. The highest BCUT2D eigenvalue weighted by atomic mass is 16.5. The van der Waals surface area contributed by atoms with Crippen LogP contribution in [0.25, 0.3) is 0 Å². The lowest BCUT2D eigenvalue weighted by atomic mass is 10.2. The number of rotatable bonds is 5. The maximum Gasteiger partial charge on any atom is 0.317 e. The van der Waals surface area contributed by atoms with E-state index in [1.54, 1.807) is 14.2 Å². The summed E-state index contributed by atoms with van der Waals surface area (Å²) in [4.78, 5) is 16.0. The molecule has 0 aromatic heterocycles. The van der Waals surface area contributed by atoms with Gasteiger partial charge < -0.3 is 24.6 Å². The van der Waals surface area contributed by atoms with Crippen LogP contribution in [0.15, 0.2) is 24.3 Å². The third-order valence-electron chi connectivity index (χ3n) is 3.59. The topological polar surface area (TPSA) is 54.0 Å². The number of anilines is 1. The molecule has 21 heavy (non-hydrogen) atoms. The third-order valence-corrected chi connectivity index (χ3v) is 3.59. The van der Waals surface area contributed by atoms with Gasteiger partial charge in [0.2, 0.25) is 0 Å². The van der Waals surface area contributed by atoms with Gasteiger partial charge in [0, 0.05) is 45.5 Å². The molecule has 0 radical (unpaired) electrons. The molecule has 0 spiro atoms. The number of hydrogen-bond acceptors (Lipinski definition) is 4. The monoisotopic (exact) mass is 293 g/mol. The van der Waals surface area contributed by atoms with Gasteiger partial charge >= 0.3 is 6.03 Å². The highest BCUT2D eigenvalue weighted by Gasteiger charge is 2.20. The van der Waals surface area contributed by atoms with Crippen molar-refractivity contribution in [1.82, 2.24) is 10.2 Å². The van der Waals surface area contributed by atoms with Crippen LogP contribution in [0.2, 0.25) is 0 Å². The van der Waals surface area contributed by atoms with Crippen LogP contribution in [0.3, 0.4) is 0 Å². The van der Waals surface area contributed by atoms with Crippen LogP contribution in [0.1, 0.15) is 0 Å². The van der Waals surface area contributed by atoms with Crippen molar-refractivity contribution in [1.29, 1.82) is 0 Å². The van der Waals surface area contributed by atoms with Crippen LogP contribution >= 0.6 is 0 Å². The Morgan fingerprint density at radius 2 is 1.81 bits per heavy atom. The number of nitrogens with one attached hydrogen (secondary N) is 1. The largest absolute Gasteiger partial charge is 0.497 e. The maximum atomic E-state index is 11.9. The van der Waals surface area contributed by atoms with Gasteiger partial charge in [-0.15, -0.1) is 0 Å². The minimum absolute atomic E-state index is 0.0126. The van der Waals surface area contributed by atoms with Gasteiger partial charge in [-0.05, 0) is 24.3 Å².